The molecule has 2 saturated heterocycles. The van der Waals surface area contributed by atoms with E-state index in [1.54, 1.807) is 24.5 Å². The monoisotopic (exact) mass is 651 g/mol. The average molecular weight is 652 g/mol. The van der Waals surface area contributed by atoms with Gasteiger partial charge in [-0.15, -0.1) is 0 Å². The van der Waals surface area contributed by atoms with Crippen molar-refractivity contribution in [1.29, 1.82) is 0 Å². The minimum atomic E-state index is -5.06. The number of hydrogen-bond donors (Lipinski definition) is 1. The topological polar surface area (TPSA) is 82.0 Å². The molecule has 0 bridgehead atoms. The van der Waals surface area contributed by atoms with Gasteiger partial charge in [-0.25, -0.2) is 4.98 Å². The highest BCUT2D eigenvalue weighted by molar-refractivity contribution is 6.03. The molecule has 0 radical (unpaired) electrons. The second-order valence-corrected chi connectivity index (χ2v) is 12.2. The number of morpholine rings is 1. The van der Waals surface area contributed by atoms with Gasteiger partial charge in [-0.3, -0.25) is 14.7 Å². The van der Waals surface area contributed by atoms with Gasteiger partial charge in [0.2, 0.25) is 5.91 Å². The number of rotatable bonds is 6. The lowest BCUT2D eigenvalue weighted by atomic mass is 9.81. The van der Waals surface area contributed by atoms with Crippen molar-refractivity contribution in [3.05, 3.63) is 71.2 Å². The zero-order chi connectivity index (χ0) is 33.6. The Bertz CT molecular complexity index is 1560. The predicted octanol–water partition coefficient (Wildman–Crippen LogP) is 5.31. The van der Waals surface area contributed by atoms with Crippen molar-refractivity contribution in [2.45, 2.75) is 50.6 Å². The van der Waals surface area contributed by atoms with Crippen LogP contribution in [0.1, 0.15) is 36.1 Å². The number of aliphatic hydroxyl groups is 1. The van der Waals surface area contributed by atoms with Gasteiger partial charge in [0.15, 0.2) is 0 Å². The third kappa shape index (κ3) is 6.56. The number of aryl methyl sites for hydroxylation is 1. The van der Waals surface area contributed by atoms with Crippen molar-refractivity contribution in [3.63, 3.8) is 0 Å². The number of likely N-dealkylation sites (N-methyl/N-ethyl adjacent to an activating group) is 1. The Morgan fingerprint density at radius 3 is 2.26 bits per heavy atom. The predicted molar refractivity (Wildman–Crippen MR) is 159 cm³/mol. The Labute approximate surface area is 262 Å². The zero-order valence-electron chi connectivity index (χ0n) is 25.8. The highest BCUT2D eigenvalue weighted by Gasteiger charge is 2.42. The van der Waals surface area contributed by atoms with E-state index >= 15 is 0 Å². The van der Waals surface area contributed by atoms with Crippen LogP contribution >= 0.6 is 0 Å². The van der Waals surface area contributed by atoms with E-state index in [0.29, 0.717) is 55.4 Å². The normalized spacial score (nSPS) is 19.6. The van der Waals surface area contributed by atoms with Gasteiger partial charge in [0.1, 0.15) is 5.82 Å². The molecule has 2 aliphatic heterocycles. The van der Waals surface area contributed by atoms with Gasteiger partial charge >= 0.3 is 12.4 Å². The first-order valence-electron chi connectivity index (χ1n) is 14.7. The Morgan fingerprint density at radius 2 is 1.65 bits per heavy atom. The summed E-state index contributed by atoms with van der Waals surface area (Å²) >= 11 is 0. The van der Waals surface area contributed by atoms with E-state index in [-0.39, 0.29) is 30.4 Å². The van der Waals surface area contributed by atoms with Gasteiger partial charge in [0, 0.05) is 50.2 Å². The summed E-state index contributed by atoms with van der Waals surface area (Å²) in [6.45, 7) is 7.31. The highest BCUT2D eigenvalue weighted by atomic mass is 19.4. The Morgan fingerprint density at radius 1 is 1.00 bits per heavy atom. The quantitative estimate of drug-likeness (QED) is 0.362. The van der Waals surface area contributed by atoms with Gasteiger partial charge in [-0.1, -0.05) is 0 Å². The molecule has 0 spiro atoms. The summed E-state index contributed by atoms with van der Waals surface area (Å²) in [4.78, 5) is 28.4. The summed E-state index contributed by atoms with van der Waals surface area (Å²) in [6.07, 6.45) is -5.45. The van der Waals surface area contributed by atoms with Crippen LogP contribution in [0.25, 0.3) is 11.1 Å². The lowest BCUT2D eigenvalue weighted by Crippen LogP contribution is -2.63. The Kier molecular flexibility index (Phi) is 9.10. The first-order valence-corrected chi connectivity index (χ1v) is 14.7. The molecule has 3 aromatic rings. The summed E-state index contributed by atoms with van der Waals surface area (Å²) < 4.78 is 87.6. The van der Waals surface area contributed by atoms with E-state index in [9.17, 15) is 36.2 Å². The minimum Gasteiger partial charge on any atom is -0.394 e. The lowest BCUT2D eigenvalue weighted by molar-refractivity contribution is -0.143. The summed E-state index contributed by atoms with van der Waals surface area (Å²) in [6, 6.07) is 4.57. The van der Waals surface area contributed by atoms with Crippen LogP contribution in [-0.2, 0) is 27.3 Å². The number of aliphatic hydroxyl groups excluding tert-OH is 1. The number of nitrogens with zero attached hydrogens (tertiary/aromatic N) is 5. The maximum absolute atomic E-state index is 14.1. The molecule has 14 heteroatoms. The van der Waals surface area contributed by atoms with Crippen LogP contribution in [0, 0.1) is 6.92 Å². The molecule has 4 heterocycles. The number of anilines is 2. The fourth-order valence-electron chi connectivity index (χ4n) is 6.07. The fraction of sp³-hybridized carbons (Fsp3) is 0.469. The number of carbonyl (C=O) groups excluding carboxylic acids is 1. The van der Waals surface area contributed by atoms with Crippen molar-refractivity contribution in [2.24, 2.45) is 0 Å². The molecule has 5 rings (SSSR count). The molecular formula is C32H35F6N5O3. The molecule has 0 unspecified atom stereocenters. The number of ether oxygens (including phenoxy) is 1. The number of halogens is 6. The van der Waals surface area contributed by atoms with Crippen molar-refractivity contribution in [2.75, 3.05) is 56.3 Å². The molecule has 1 amide bonds. The molecule has 46 heavy (non-hydrogen) atoms. The molecule has 2 aliphatic rings. The van der Waals surface area contributed by atoms with Crippen LogP contribution in [-0.4, -0.2) is 84.5 Å². The number of hydrogen-bond acceptors (Lipinski definition) is 7. The lowest BCUT2D eigenvalue weighted by Gasteiger charge is -2.48. The molecule has 0 aliphatic carbocycles. The van der Waals surface area contributed by atoms with Crippen LogP contribution in [0.2, 0.25) is 0 Å². The van der Waals surface area contributed by atoms with Crippen LogP contribution in [0.3, 0.4) is 0 Å². The standard InChI is InChI=1S/C32H35F6N5O3/c1-19-5-6-39-13-26(19)25-12-28(43-16-24-18-46-8-7-42(24)15-23(43)17-44)40-14-27(25)41(4)29(45)30(2,3)20-9-21(31(33,34)35)11-22(10-20)32(36,37)38/h5-6,9-14,23-24,44H,7-8,15-18H2,1-4H3/t23-,24-/m0/s1. The molecule has 2 aromatic heterocycles. The molecule has 1 aromatic carbocycles. The number of pyridine rings is 2. The molecule has 8 nitrogen and oxygen atoms in total. The van der Waals surface area contributed by atoms with E-state index in [1.165, 1.54) is 32.0 Å². The number of alkyl halides is 6. The van der Waals surface area contributed by atoms with Gasteiger partial charge in [-0.2, -0.15) is 26.3 Å². The van der Waals surface area contributed by atoms with E-state index < -0.39 is 40.4 Å². The molecular weight excluding hydrogens is 616 g/mol. The second kappa shape index (κ2) is 12.5. The van der Waals surface area contributed by atoms with Crippen molar-refractivity contribution in [1.82, 2.24) is 14.9 Å². The van der Waals surface area contributed by atoms with Crippen LogP contribution < -0.4 is 9.80 Å². The minimum absolute atomic E-state index is 0.0403. The van der Waals surface area contributed by atoms with E-state index in [0.717, 1.165) is 12.1 Å². The number of fused-ring (bicyclic) bond motifs is 1. The zero-order valence-corrected chi connectivity index (χ0v) is 25.8. The highest BCUT2D eigenvalue weighted by Crippen LogP contribution is 2.41. The van der Waals surface area contributed by atoms with Gasteiger partial charge in [0.05, 0.1) is 60.3 Å². The molecule has 2 fully saturated rings. The first kappa shape index (κ1) is 33.6. The molecule has 248 valence electrons. The Balaban J connectivity index is 1.57. The number of benzene rings is 1. The number of piperazine rings is 1. The average Bonchev–Trinajstić information content (AvgIpc) is 3.02. The summed E-state index contributed by atoms with van der Waals surface area (Å²) in [7, 11) is 1.41. The van der Waals surface area contributed by atoms with Crippen molar-refractivity contribution in [3.8, 4) is 11.1 Å². The number of carbonyl (C=O) groups is 1. The Hall–Kier alpha value is -3.75. The molecule has 1 N–H and O–H groups in total. The molecule has 0 saturated carbocycles. The third-order valence-corrected chi connectivity index (χ3v) is 8.86. The van der Waals surface area contributed by atoms with Crippen LogP contribution in [0.4, 0.5) is 37.8 Å². The summed E-state index contributed by atoms with van der Waals surface area (Å²) in [5.41, 5.74) is -2.98. The fourth-order valence-corrected chi connectivity index (χ4v) is 6.07. The second-order valence-electron chi connectivity index (χ2n) is 12.2. The summed E-state index contributed by atoms with van der Waals surface area (Å²) in [5, 5.41) is 10.3. The van der Waals surface area contributed by atoms with Gasteiger partial charge in [0.25, 0.3) is 0 Å². The smallest absolute Gasteiger partial charge is 0.394 e. The third-order valence-electron chi connectivity index (χ3n) is 8.86. The van der Waals surface area contributed by atoms with E-state index in [2.05, 4.69) is 14.9 Å². The van der Waals surface area contributed by atoms with Crippen LogP contribution in [0.5, 0.6) is 0 Å². The molecule has 2 atom stereocenters. The maximum atomic E-state index is 14.1. The van der Waals surface area contributed by atoms with Gasteiger partial charge in [-0.05, 0) is 62.2 Å². The van der Waals surface area contributed by atoms with Crippen LogP contribution in [0.15, 0.2) is 48.9 Å². The van der Waals surface area contributed by atoms with E-state index in [4.69, 9.17) is 4.74 Å². The van der Waals surface area contributed by atoms with Crippen molar-refractivity contribution >= 4 is 17.4 Å². The van der Waals surface area contributed by atoms with E-state index in [1.807, 2.05) is 11.8 Å². The largest absolute Gasteiger partial charge is 0.416 e. The first-order chi connectivity index (χ1) is 21.5. The number of amides is 1. The maximum Gasteiger partial charge on any atom is 0.416 e. The summed E-state index contributed by atoms with van der Waals surface area (Å²) in [5.74, 6) is -0.224. The SMILES string of the molecule is Cc1ccncc1-c1cc(N2C[C@H]3COCCN3C[C@H]2CO)ncc1N(C)C(=O)C(C)(C)c1cc(C(F)(F)F)cc(C(F)(F)F)c1. The van der Waals surface area contributed by atoms with Gasteiger partial charge < -0.3 is 19.6 Å². The van der Waals surface area contributed by atoms with Crippen molar-refractivity contribution < 1.29 is 41.0 Å². The number of aromatic nitrogens is 2.